The number of methoxy groups -OCH3 is 2. The van der Waals surface area contributed by atoms with Gasteiger partial charge in [0.1, 0.15) is 11.4 Å². The third kappa shape index (κ3) is 4.39. The van der Waals surface area contributed by atoms with Crippen molar-refractivity contribution >= 4 is 35.1 Å². The lowest BCUT2D eigenvalue weighted by atomic mass is 9.72. The summed E-state index contributed by atoms with van der Waals surface area (Å²) in [5, 5.41) is 4.21. The van der Waals surface area contributed by atoms with E-state index in [1.807, 2.05) is 6.07 Å². The number of nitrogens with one attached hydrogen (secondary N) is 1. The van der Waals surface area contributed by atoms with Crippen LogP contribution in [0.3, 0.4) is 0 Å². The summed E-state index contributed by atoms with van der Waals surface area (Å²) in [6.45, 7) is 0. The SMILES string of the molecule is COC(=O)c1cc(OC)cc(C(=O)NC2(Cc3ccc(Cl)cc3Cl)CCC2)n1. The van der Waals surface area contributed by atoms with Gasteiger partial charge in [0.2, 0.25) is 0 Å². The Morgan fingerprint density at radius 2 is 1.86 bits per heavy atom. The van der Waals surface area contributed by atoms with E-state index in [0.717, 1.165) is 24.8 Å². The number of pyridine rings is 1. The molecule has 8 heteroatoms. The fraction of sp³-hybridized carbons (Fsp3) is 0.350. The van der Waals surface area contributed by atoms with Crippen LogP contribution in [0.4, 0.5) is 0 Å². The van der Waals surface area contributed by atoms with Gasteiger partial charge in [-0.3, -0.25) is 4.79 Å². The van der Waals surface area contributed by atoms with Gasteiger partial charge in [-0.15, -0.1) is 0 Å². The van der Waals surface area contributed by atoms with E-state index >= 15 is 0 Å². The standard InChI is InChI=1S/C20H20Cl2N2O4/c1-27-14-9-16(23-17(10-14)19(26)28-2)18(25)24-20(6-3-7-20)11-12-4-5-13(21)8-15(12)22/h4-5,8-10H,3,6-7,11H2,1-2H3,(H,24,25). The fourth-order valence-electron chi connectivity index (χ4n) is 3.23. The van der Waals surface area contributed by atoms with Crippen LogP contribution in [0.25, 0.3) is 0 Å². The van der Waals surface area contributed by atoms with Gasteiger partial charge in [0, 0.05) is 27.7 Å². The molecule has 1 N–H and O–H groups in total. The summed E-state index contributed by atoms with van der Waals surface area (Å²) in [5.74, 6) is -0.669. The number of aromatic nitrogens is 1. The zero-order chi connectivity index (χ0) is 20.3. The topological polar surface area (TPSA) is 77.5 Å². The third-order valence-electron chi connectivity index (χ3n) is 4.90. The Kier molecular flexibility index (Phi) is 6.10. The Hall–Kier alpha value is -2.31. The van der Waals surface area contributed by atoms with Crippen molar-refractivity contribution in [1.29, 1.82) is 0 Å². The van der Waals surface area contributed by atoms with Crippen LogP contribution in [0.1, 0.15) is 45.8 Å². The zero-order valence-corrected chi connectivity index (χ0v) is 17.1. The minimum absolute atomic E-state index is 0.00963. The molecule has 3 rings (SSSR count). The highest BCUT2D eigenvalue weighted by Crippen LogP contribution is 2.37. The molecule has 0 radical (unpaired) electrons. The van der Waals surface area contributed by atoms with E-state index in [9.17, 15) is 9.59 Å². The second kappa shape index (κ2) is 8.37. The van der Waals surface area contributed by atoms with E-state index in [-0.39, 0.29) is 17.3 Å². The highest BCUT2D eigenvalue weighted by molar-refractivity contribution is 6.35. The molecule has 0 bridgehead atoms. The number of esters is 1. The Morgan fingerprint density at radius 1 is 1.14 bits per heavy atom. The number of amides is 1. The molecular formula is C20H20Cl2N2O4. The lowest BCUT2D eigenvalue weighted by Crippen LogP contribution is -2.55. The van der Waals surface area contributed by atoms with Crippen LogP contribution in [0.15, 0.2) is 30.3 Å². The van der Waals surface area contributed by atoms with Crippen molar-refractivity contribution in [2.24, 2.45) is 0 Å². The van der Waals surface area contributed by atoms with Gasteiger partial charge in [-0.25, -0.2) is 9.78 Å². The second-order valence-corrected chi connectivity index (χ2v) is 7.61. The van der Waals surface area contributed by atoms with Crippen molar-refractivity contribution < 1.29 is 19.1 Å². The molecule has 1 aliphatic carbocycles. The molecule has 0 atom stereocenters. The number of carbonyl (C=O) groups is 2. The lowest BCUT2D eigenvalue weighted by Gasteiger charge is -2.43. The van der Waals surface area contributed by atoms with Crippen LogP contribution in [0.2, 0.25) is 10.0 Å². The molecule has 1 fully saturated rings. The minimum Gasteiger partial charge on any atom is -0.497 e. The first kappa shape index (κ1) is 20.4. The highest BCUT2D eigenvalue weighted by atomic mass is 35.5. The second-order valence-electron chi connectivity index (χ2n) is 6.77. The smallest absolute Gasteiger partial charge is 0.356 e. The van der Waals surface area contributed by atoms with E-state index in [1.54, 1.807) is 12.1 Å². The molecular weight excluding hydrogens is 403 g/mol. The molecule has 1 aliphatic rings. The van der Waals surface area contributed by atoms with Crippen molar-refractivity contribution in [2.45, 2.75) is 31.2 Å². The van der Waals surface area contributed by atoms with E-state index in [0.29, 0.717) is 22.2 Å². The fourth-order valence-corrected chi connectivity index (χ4v) is 3.71. The molecule has 6 nitrogen and oxygen atoms in total. The Balaban J connectivity index is 1.83. The summed E-state index contributed by atoms with van der Waals surface area (Å²) in [6, 6.07) is 8.26. The summed E-state index contributed by atoms with van der Waals surface area (Å²) in [5.41, 5.74) is 0.605. The van der Waals surface area contributed by atoms with Gasteiger partial charge in [0.25, 0.3) is 5.91 Å². The Labute approximate surface area is 173 Å². The molecule has 0 saturated heterocycles. The molecule has 1 aromatic heterocycles. The van der Waals surface area contributed by atoms with Crippen molar-refractivity contribution in [3.8, 4) is 5.75 Å². The first-order valence-electron chi connectivity index (χ1n) is 8.77. The molecule has 28 heavy (non-hydrogen) atoms. The Morgan fingerprint density at radius 3 is 2.43 bits per heavy atom. The molecule has 1 saturated carbocycles. The maximum atomic E-state index is 12.9. The van der Waals surface area contributed by atoms with Crippen LogP contribution in [0.5, 0.6) is 5.75 Å². The number of hydrogen-bond donors (Lipinski definition) is 1. The maximum Gasteiger partial charge on any atom is 0.356 e. The Bertz CT molecular complexity index is 913. The number of benzene rings is 1. The van der Waals surface area contributed by atoms with Crippen LogP contribution < -0.4 is 10.1 Å². The summed E-state index contributed by atoms with van der Waals surface area (Å²) >= 11 is 12.3. The molecule has 148 valence electrons. The first-order valence-corrected chi connectivity index (χ1v) is 9.52. The normalized spacial score (nSPS) is 14.7. The third-order valence-corrected chi connectivity index (χ3v) is 5.48. The average molecular weight is 423 g/mol. The first-order chi connectivity index (χ1) is 13.4. The van der Waals surface area contributed by atoms with E-state index in [2.05, 4.69) is 10.3 Å². The zero-order valence-electron chi connectivity index (χ0n) is 15.6. The van der Waals surface area contributed by atoms with Gasteiger partial charge in [0.15, 0.2) is 5.69 Å². The van der Waals surface area contributed by atoms with Gasteiger partial charge >= 0.3 is 5.97 Å². The quantitative estimate of drug-likeness (QED) is 0.709. The van der Waals surface area contributed by atoms with Gasteiger partial charge in [0.05, 0.1) is 14.2 Å². The molecule has 0 aliphatic heterocycles. The number of nitrogens with zero attached hydrogens (tertiary/aromatic N) is 1. The summed E-state index contributed by atoms with van der Waals surface area (Å²) in [7, 11) is 2.70. The summed E-state index contributed by atoms with van der Waals surface area (Å²) in [4.78, 5) is 28.8. The van der Waals surface area contributed by atoms with Crippen LogP contribution in [-0.4, -0.2) is 36.6 Å². The number of hydrogen-bond acceptors (Lipinski definition) is 5. The van der Waals surface area contributed by atoms with Crippen molar-refractivity contribution in [1.82, 2.24) is 10.3 Å². The van der Waals surface area contributed by atoms with Crippen molar-refractivity contribution in [2.75, 3.05) is 14.2 Å². The summed E-state index contributed by atoms with van der Waals surface area (Å²) < 4.78 is 9.87. The van der Waals surface area contributed by atoms with Gasteiger partial charge in [-0.1, -0.05) is 29.3 Å². The molecule has 0 unspecified atom stereocenters. The van der Waals surface area contributed by atoms with E-state index in [4.69, 9.17) is 32.7 Å². The number of carbonyl (C=O) groups excluding carboxylic acids is 2. The number of rotatable bonds is 6. The molecule has 0 spiro atoms. The van der Waals surface area contributed by atoms with Crippen LogP contribution >= 0.6 is 23.2 Å². The predicted molar refractivity (Wildman–Crippen MR) is 106 cm³/mol. The van der Waals surface area contributed by atoms with Gasteiger partial charge in [-0.2, -0.15) is 0 Å². The molecule has 1 amide bonds. The molecule has 1 aromatic carbocycles. The predicted octanol–water partition coefficient (Wildman–Crippen LogP) is 4.08. The van der Waals surface area contributed by atoms with Gasteiger partial charge in [-0.05, 0) is 43.4 Å². The molecule has 2 aromatic rings. The minimum atomic E-state index is -0.640. The maximum absolute atomic E-state index is 12.9. The van der Waals surface area contributed by atoms with Crippen LogP contribution in [-0.2, 0) is 11.2 Å². The summed E-state index contributed by atoms with van der Waals surface area (Å²) in [6.07, 6.45) is 3.24. The van der Waals surface area contributed by atoms with Crippen LogP contribution in [0, 0.1) is 0 Å². The lowest BCUT2D eigenvalue weighted by molar-refractivity contribution is 0.0593. The number of halogens is 2. The largest absolute Gasteiger partial charge is 0.497 e. The molecule has 1 heterocycles. The van der Waals surface area contributed by atoms with Gasteiger partial charge < -0.3 is 14.8 Å². The number of ether oxygens (including phenoxy) is 2. The van der Waals surface area contributed by atoms with Crippen molar-refractivity contribution in [3.63, 3.8) is 0 Å². The van der Waals surface area contributed by atoms with Crippen molar-refractivity contribution in [3.05, 3.63) is 57.3 Å². The average Bonchev–Trinajstić information content (AvgIpc) is 2.66. The van der Waals surface area contributed by atoms with E-state index < -0.39 is 11.5 Å². The van der Waals surface area contributed by atoms with E-state index in [1.165, 1.54) is 26.4 Å². The highest BCUT2D eigenvalue weighted by Gasteiger charge is 2.39. The monoisotopic (exact) mass is 422 g/mol.